The van der Waals surface area contributed by atoms with Crippen molar-refractivity contribution in [2.24, 2.45) is 0 Å². The monoisotopic (exact) mass is 1640 g/mol. The van der Waals surface area contributed by atoms with E-state index in [1.807, 2.05) is 0 Å². The third-order valence-corrected chi connectivity index (χ3v) is 35.3. The van der Waals surface area contributed by atoms with Gasteiger partial charge in [-0.25, -0.2) is 5.11 Å². The summed E-state index contributed by atoms with van der Waals surface area (Å²) in [6, 6.07) is 0. The van der Waals surface area contributed by atoms with E-state index in [9.17, 15) is 5.11 Å². The molecule has 1 fully saturated rings. The van der Waals surface area contributed by atoms with E-state index in [2.05, 4.69) is 303 Å². The van der Waals surface area contributed by atoms with E-state index >= 15 is 0 Å². The van der Waals surface area contributed by atoms with Gasteiger partial charge in [0.15, 0.2) is 6.43 Å². The highest BCUT2D eigenvalue weighted by Crippen LogP contribution is 2.87. The van der Waals surface area contributed by atoms with Gasteiger partial charge in [0.25, 0.3) is 0 Å². The first-order valence-corrected chi connectivity index (χ1v) is 21.4. The molecule has 0 saturated heterocycles. The number of rotatable bonds is 1. The molecule has 3 atom stereocenters. The van der Waals surface area contributed by atoms with Crippen LogP contribution in [-0.2, 0) is 5.11 Å². The van der Waals surface area contributed by atoms with Crippen molar-refractivity contribution in [1.82, 2.24) is 0 Å². The third kappa shape index (κ3) is 4.92. The molecule has 0 aromatic rings. The number of halogens is 19. The summed E-state index contributed by atoms with van der Waals surface area (Å²) in [6.07, 6.45) is 0. The Morgan fingerprint density at radius 2 is 0.700 bits per heavy atom. The minimum Gasteiger partial charge on any atom is -0.213 e. The van der Waals surface area contributed by atoms with Crippen molar-refractivity contribution in [1.29, 1.82) is 0 Å². The van der Waals surface area contributed by atoms with Gasteiger partial charge in [0.05, 0.1) is 0 Å². The van der Waals surface area contributed by atoms with Gasteiger partial charge in [-0.2, -0.15) is 0 Å². The molecular formula is C10Br19O. The Kier molecular flexibility index (Phi) is 13.6. The Hall–Kier alpha value is 9.08. The lowest BCUT2D eigenvalue weighted by atomic mass is 9.73. The van der Waals surface area contributed by atoms with E-state index < -0.39 is 33.6 Å². The summed E-state index contributed by atoms with van der Waals surface area (Å²) in [5, 5.41) is 15.0. The van der Waals surface area contributed by atoms with Crippen LogP contribution in [0, 0.1) is 0 Å². The summed E-state index contributed by atoms with van der Waals surface area (Å²) in [4.78, 5) is 0. The Morgan fingerprint density at radius 3 is 0.933 bits per heavy atom. The summed E-state index contributed by atoms with van der Waals surface area (Å²) < 4.78 is -13.3. The molecule has 30 heavy (non-hydrogen) atoms. The maximum Gasteiger partial charge on any atom is 0.203 e. The van der Waals surface area contributed by atoms with Crippen LogP contribution in [0.5, 0.6) is 0 Å². The fourth-order valence-corrected chi connectivity index (χ4v) is 28.0. The molecule has 0 amide bonds. The van der Waals surface area contributed by atoms with Crippen molar-refractivity contribution in [3.8, 4) is 0 Å². The molecular weight excluding hydrogens is 1650 g/mol. The first-order valence-electron chi connectivity index (χ1n) is 6.29. The molecule has 3 unspecified atom stereocenters. The Bertz CT molecular complexity index is 650. The summed E-state index contributed by atoms with van der Waals surface area (Å²) in [5.41, 5.74) is 0. The molecule has 1 aliphatic carbocycles. The summed E-state index contributed by atoms with van der Waals surface area (Å²) in [7, 11) is 0. The first-order chi connectivity index (χ1) is 12.5. The van der Waals surface area contributed by atoms with Crippen LogP contribution >= 0.6 is 303 Å². The van der Waals surface area contributed by atoms with Crippen LogP contribution in [0.2, 0.25) is 0 Å². The van der Waals surface area contributed by atoms with Gasteiger partial charge < -0.3 is 0 Å². The molecule has 0 heterocycles. The van der Waals surface area contributed by atoms with E-state index in [0.29, 0.717) is 0 Å². The molecule has 0 N–H and O–H groups in total. The molecule has 0 aromatic carbocycles. The first kappa shape index (κ1) is 37.1. The van der Waals surface area contributed by atoms with Crippen LogP contribution < -0.4 is 0 Å². The quantitative estimate of drug-likeness (QED) is 0.233. The lowest BCUT2D eigenvalue weighted by Crippen LogP contribution is -2.89. The fourth-order valence-electron chi connectivity index (χ4n) is 2.61. The zero-order valence-electron chi connectivity index (χ0n) is 12.6. The Labute approximate surface area is 333 Å². The fraction of sp³-hybridized carbons (Fsp3) is 1.00. The molecule has 0 aliphatic heterocycles. The van der Waals surface area contributed by atoms with E-state index in [0.717, 1.165) is 0 Å². The van der Waals surface area contributed by atoms with Crippen molar-refractivity contribution in [3.63, 3.8) is 0 Å². The largest absolute Gasteiger partial charge is 0.213 e. The van der Waals surface area contributed by atoms with Crippen LogP contribution in [0.15, 0.2) is 0 Å². The van der Waals surface area contributed by atoms with Crippen LogP contribution in [-0.4, -0.2) is 33.6 Å². The van der Waals surface area contributed by atoms with Crippen LogP contribution in [0.1, 0.15) is 0 Å². The average Bonchev–Trinajstić information content (AvgIpc) is 2.46. The lowest BCUT2D eigenvalue weighted by molar-refractivity contribution is -0.0153. The predicted octanol–water partition coefficient (Wildman–Crippen LogP) is 13.9. The minimum atomic E-state index is -2.10. The smallest absolute Gasteiger partial charge is 0.203 e. The normalized spacial score (nSPS) is 37.2. The number of hydrogen-bond acceptors (Lipinski definition) is 0. The van der Waals surface area contributed by atoms with Gasteiger partial charge in [-0.3, -0.25) is 0 Å². The van der Waals surface area contributed by atoms with E-state index in [1.165, 1.54) is 0 Å². The standard InChI is InChI=1S/C10Br19O/c11-1(2(12,8(21,22)23)9(24,25)26)4(14,15)5(16,17)3(13,10(27,28)29)6(18,19)7(1,20)30. The highest BCUT2D eigenvalue weighted by Gasteiger charge is 2.94. The molecule has 1 rings (SSSR count). The minimum absolute atomic E-state index is 1.04. The molecule has 0 aromatic heterocycles. The third-order valence-electron chi connectivity index (χ3n) is 4.19. The Morgan fingerprint density at radius 1 is 0.433 bits per heavy atom. The second kappa shape index (κ2) is 11.0. The molecule has 1 nitrogen and oxygen atoms in total. The average molecular weight is 1650 g/mol. The molecule has 0 spiro atoms. The van der Waals surface area contributed by atoms with Gasteiger partial charge in [0.2, 0.25) is 4.51 Å². The maximum absolute atomic E-state index is 15.0. The highest BCUT2D eigenvalue weighted by atomic mass is 80.0. The molecule has 1 radical (unpaired) electrons. The van der Waals surface area contributed by atoms with Crippen LogP contribution in [0.3, 0.4) is 0 Å². The highest BCUT2D eigenvalue weighted by molar-refractivity contribution is 9.42. The van der Waals surface area contributed by atoms with E-state index in [4.69, 9.17) is 0 Å². The number of alkyl halides is 19. The van der Waals surface area contributed by atoms with Gasteiger partial charge in [-0.05, 0) is 15.9 Å². The molecule has 1 aliphatic rings. The molecule has 179 valence electrons. The zero-order chi connectivity index (χ0) is 25.0. The second-order valence-corrected chi connectivity index (χ2v) is 41.1. The SMILES string of the molecule is [O]C1(Br)C(Br)(Br)C(Br)(C(Br)(Br)Br)C(Br)(Br)C(Br)(Br)C1(Br)C(Br)(C(Br)(Br)Br)C(Br)(Br)Br. The molecule has 20 heteroatoms. The Balaban J connectivity index is 4.39. The molecule has 0 bridgehead atoms. The van der Waals surface area contributed by atoms with E-state index in [-0.39, 0.29) is 0 Å². The predicted molar refractivity (Wildman–Crippen MR) is 198 cm³/mol. The van der Waals surface area contributed by atoms with Gasteiger partial charge >= 0.3 is 0 Å². The summed E-state index contributed by atoms with van der Waals surface area (Å²) in [5.74, 6) is 0. The van der Waals surface area contributed by atoms with Crippen molar-refractivity contribution in [3.05, 3.63) is 0 Å². The zero-order valence-corrected chi connectivity index (χ0v) is 42.7. The van der Waals surface area contributed by atoms with Crippen molar-refractivity contribution in [2.45, 2.75) is 33.6 Å². The summed E-state index contributed by atoms with van der Waals surface area (Å²) in [6.45, 7) is 0. The van der Waals surface area contributed by atoms with Gasteiger partial charge in [0.1, 0.15) is 22.7 Å². The lowest BCUT2D eigenvalue weighted by Gasteiger charge is -2.72. The topological polar surface area (TPSA) is 19.9 Å². The van der Waals surface area contributed by atoms with Crippen molar-refractivity contribution in [2.75, 3.05) is 0 Å². The van der Waals surface area contributed by atoms with Gasteiger partial charge in [0, 0.05) is 0 Å². The van der Waals surface area contributed by atoms with Crippen LogP contribution in [0.4, 0.5) is 0 Å². The van der Waals surface area contributed by atoms with Crippen molar-refractivity contribution < 1.29 is 5.11 Å². The summed E-state index contributed by atoms with van der Waals surface area (Å²) >= 11 is 70.1. The van der Waals surface area contributed by atoms with Crippen LogP contribution in [0.25, 0.3) is 0 Å². The maximum atomic E-state index is 15.0. The van der Waals surface area contributed by atoms with Crippen molar-refractivity contribution >= 4 is 303 Å². The van der Waals surface area contributed by atoms with Gasteiger partial charge in [-0.15, -0.1) is 0 Å². The van der Waals surface area contributed by atoms with Gasteiger partial charge in [-0.1, -0.05) is 287 Å². The van der Waals surface area contributed by atoms with E-state index in [1.54, 1.807) is 0 Å². The second-order valence-electron chi connectivity index (χ2n) is 5.79. The molecule has 1 saturated carbocycles. The number of hydrogen-bond donors (Lipinski definition) is 0.